The molecule has 6 heteroatoms. The lowest BCUT2D eigenvalue weighted by molar-refractivity contribution is 0.440. The zero-order valence-electron chi connectivity index (χ0n) is 10.4. The molecule has 0 saturated carbocycles. The topological polar surface area (TPSA) is 78.3 Å². The molecule has 0 bridgehead atoms. The Hall–Kier alpha value is -2.47. The maximum absolute atomic E-state index is 5.89. The van der Waals surface area contributed by atoms with Gasteiger partial charge in [0, 0.05) is 23.9 Å². The van der Waals surface area contributed by atoms with Crippen molar-refractivity contribution in [1.82, 2.24) is 19.6 Å². The molecule has 19 heavy (non-hydrogen) atoms. The Balaban J connectivity index is 2.07. The average molecular weight is 255 g/mol. The van der Waals surface area contributed by atoms with Gasteiger partial charge in [-0.3, -0.25) is 0 Å². The summed E-state index contributed by atoms with van der Waals surface area (Å²) in [7, 11) is 0. The number of hydrogen-bond donors (Lipinski definition) is 1. The standard InChI is InChI=1S/C13H13N5O/c1-9-6-12(18-13(17-9)15-8-16-18)19-11-5-3-2-4-10(11)7-14/h2-6,8H,7,14H2,1H3. The Morgan fingerprint density at radius 2 is 2.16 bits per heavy atom. The van der Waals surface area contributed by atoms with Crippen LogP contribution in [0, 0.1) is 6.92 Å². The van der Waals surface area contributed by atoms with Crippen LogP contribution in [0.15, 0.2) is 36.7 Å². The van der Waals surface area contributed by atoms with E-state index in [0.29, 0.717) is 24.0 Å². The van der Waals surface area contributed by atoms with Gasteiger partial charge in [0.2, 0.25) is 5.88 Å². The van der Waals surface area contributed by atoms with Gasteiger partial charge >= 0.3 is 0 Å². The van der Waals surface area contributed by atoms with Crippen molar-refractivity contribution in [2.75, 3.05) is 0 Å². The summed E-state index contributed by atoms with van der Waals surface area (Å²) in [4.78, 5) is 8.33. The van der Waals surface area contributed by atoms with Crippen LogP contribution in [-0.2, 0) is 6.54 Å². The average Bonchev–Trinajstić information content (AvgIpc) is 2.87. The van der Waals surface area contributed by atoms with E-state index in [1.165, 1.54) is 6.33 Å². The molecular formula is C13H13N5O. The van der Waals surface area contributed by atoms with Crippen molar-refractivity contribution in [3.63, 3.8) is 0 Å². The maximum Gasteiger partial charge on any atom is 0.255 e. The van der Waals surface area contributed by atoms with Gasteiger partial charge in [0.15, 0.2) is 0 Å². The minimum Gasteiger partial charge on any atom is -0.438 e. The van der Waals surface area contributed by atoms with Crippen molar-refractivity contribution in [1.29, 1.82) is 0 Å². The van der Waals surface area contributed by atoms with E-state index in [1.54, 1.807) is 4.52 Å². The number of rotatable bonds is 3. The van der Waals surface area contributed by atoms with Gasteiger partial charge in [-0.05, 0) is 13.0 Å². The summed E-state index contributed by atoms with van der Waals surface area (Å²) in [5, 5.41) is 4.10. The molecule has 0 aliphatic carbocycles. The zero-order chi connectivity index (χ0) is 13.2. The van der Waals surface area contributed by atoms with Gasteiger partial charge in [0.1, 0.15) is 12.1 Å². The summed E-state index contributed by atoms with van der Waals surface area (Å²) in [6.07, 6.45) is 1.45. The number of aromatic nitrogens is 4. The second-order valence-electron chi connectivity index (χ2n) is 4.12. The first kappa shape index (κ1) is 11.6. The van der Waals surface area contributed by atoms with Crippen molar-refractivity contribution < 1.29 is 4.74 Å². The molecule has 0 unspecified atom stereocenters. The van der Waals surface area contributed by atoms with Crippen LogP contribution in [0.25, 0.3) is 5.78 Å². The Bertz CT molecular complexity index is 722. The fourth-order valence-corrected chi connectivity index (χ4v) is 1.85. The van der Waals surface area contributed by atoms with Gasteiger partial charge in [-0.2, -0.15) is 14.6 Å². The fraction of sp³-hybridized carbons (Fsp3) is 0.154. The van der Waals surface area contributed by atoms with Crippen molar-refractivity contribution in [3.05, 3.63) is 47.9 Å². The number of hydrogen-bond acceptors (Lipinski definition) is 5. The summed E-state index contributed by atoms with van der Waals surface area (Å²) in [5.41, 5.74) is 7.46. The van der Waals surface area contributed by atoms with Crippen LogP contribution in [0.1, 0.15) is 11.3 Å². The largest absolute Gasteiger partial charge is 0.438 e. The van der Waals surface area contributed by atoms with Gasteiger partial charge in [0.05, 0.1) is 0 Å². The molecule has 0 fully saturated rings. The lowest BCUT2D eigenvalue weighted by Gasteiger charge is -2.10. The predicted molar refractivity (Wildman–Crippen MR) is 69.9 cm³/mol. The highest BCUT2D eigenvalue weighted by Crippen LogP contribution is 2.25. The van der Waals surface area contributed by atoms with Gasteiger partial charge in [0.25, 0.3) is 5.78 Å². The zero-order valence-corrected chi connectivity index (χ0v) is 10.4. The lowest BCUT2D eigenvalue weighted by Crippen LogP contribution is -2.03. The van der Waals surface area contributed by atoms with Crippen LogP contribution in [0.3, 0.4) is 0 Å². The third-order valence-corrected chi connectivity index (χ3v) is 2.75. The van der Waals surface area contributed by atoms with Gasteiger partial charge < -0.3 is 10.5 Å². The summed E-state index contributed by atoms with van der Waals surface area (Å²) < 4.78 is 7.45. The Labute approximate surface area is 109 Å². The van der Waals surface area contributed by atoms with Crippen molar-refractivity contribution in [3.8, 4) is 11.6 Å². The predicted octanol–water partition coefficient (Wildman–Crippen LogP) is 1.68. The highest BCUT2D eigenvalue weighted by molar-refractivity contribution is 5.39. The van der Waals surface area contributed by atoms with Crippen molar-refractivity contribution in [2.45, 2.75) is 13.5 Å². The smallest absolute Gasteiger partial charge is 0.255 e. The van der Waals surface area contributed by atoms with Gasteiger partial charge in [-0.1, -0.05) is 18.2 Å². The van der Waals surface area contributed by atoms with E-state index < -0.39 is 0 Å². The van der Waals surface area contributed by atoms with Crippen molar-refractivity contribution >= 4 is 5.78 Å². The Morgan fingerprint density at radius 1 is 1.32 bits per heavy atom. The molecule has 0 radical (unpaired) electrons. The van der Waals surface area contributed by atoms with E-state index in [9.17, 15) is 0 Å². The number of aryl methyl sites for hydroxylation is 1. The number of nitrogens with two attached hydrogens (primary N) is 1. The second kappa shape index (κ2) is 4.66. The molecule has 2 heterocycles. The van der Waals surface area contributed by atoms with Crippen LogP contribution in [-0.4, -0.2) is 19.6 Å². The quantitative estimate of drug-likeness (QED) is 0.770. The highest BCUT2D eigenvalue weighted by Gasteiger charge is 2.09. The summed E-state index contributed by atoms with van der Waals surface area (Å²) in [6, 6.07) is 9.45. The molecule has 0 aliphatic rings. The van der Waals surface area contributed by atoms with E-state index in [0.717, 1.165) is 11.3 Å². The minimum atomic E-state index is 0.417. The molecule has 0 aliphatic heterocycles. The van der Waals surface area contributed by atoms with E-state index >= 15 is 0 Å². The molecule has 6 nitrogen and oxygen atoms in total. The summed E-state index contributed by atoms with van der Waals surface area (Å²) in [6.45, 7) is 2.30. The number of para-hydroxylation sites is 1. The molecule has 0 amide bonds. The minimum absolute atomic E-state index is 0.417. The molecule has 2 aromatic heterocycles. The molecule has 0 saturated heterocycles. The molecule has 96 valence electrons. The molecule has 1 aromatic carbocycles. The van der Waals surface area contributed by atoms with E-state index in [1.807, 2.05) is 37.3 Å². The summed E-state index contributed by atoms with van der Waals surface area (Å²) in [5.74, 6) is 1.80. The van der Waals surface area contributed by atoms with Crippen LogP contribution in [0.2, 0.25) is 0 Å². The van der Waals surface area contributed by atoms with Crippen LogP contribution in [0.4, 0.5) is 0 Å². The van der Waals surface area contributed by atoms with Crippen LogP contribution < -0.4 is 10.5 Å². The second-order valence-corrected chi connectivity index (χ2v) is 4.12. The van der Waals surface area contributed by atoms with Crippen molar-refractivity contribution in [2.24, 2.45) is 5.73 Å². The molecule has 0 spiro atoms. The Morgan fingerprint density at radius 3 is 3.00 bits per heavy atom. The molecular weight excluding hydrogens is 242 g/mol. The van der Waals surface area contributed by atoms with E-state index in [4.69, 9.17) is 10.5 Å². The molecule has 0 atom stereocenters. The monoisotopic (exact) mass is 255 g/mol. The molecule has 2 N–H and O–H groups in total. The maximum atomic E-state index is 5.89. The highest BCUT2D eigenvalue weighted by atomic mass is 16.5. The number of benzene rings is 1. The first-order valence-electron chi connectivity index (χ1n) is 5.91. The fourth-order valence-electron chi connectivity index (χ4n) is 1.85. The Kier molecular flexibility index (Phi) is 2.85. The molecule has 3 aromatic rings. The lowest BCUT2D eigenvalue weighted by atomic mass is 10.2. The SMILES string of the molecule is Cc1cc(Oc2ccccc2CN)n2ncnc2n1. The van der Waals surface area contributed by atoms with E-state index in [2.05, 4.69) is 15.1 Å². The summed E-state index contributed by atoms with van der Waals surface area (Å²) >= 11 is 0. The number of ether oxygens (including phenoxy) is 1. The third kappa shape index (κ3) is 2.13. The first-order valence-corrected chi connectivity index (χ1v) is 5.91. The van der Waals surface area contributed by atoms with Crippen LogP contribution in [0.5, 0.6) is 11.6 Å². The number of nitrogens with zero attached hydrogens (tertiary/aromatic N) is 4. The van der Waals surface area contributed by atoms with Crippen LogP contribution >= 0.6 is 0 Å². The third-order valence-electron chi connectivity index (χ3n) is 2.75. The normalized spacial score (nSPS) is 10.8. The van der Waals surface area contributed by atoms with E-state index in [-0.39, 0.29) is 0 Å². The van der Waals surface area contributed by atoms with Gasteiger partial charge in [-0.15, -0.1) is 0 Å². The van der Waals surface area contributed by atoms with Gasteiger partial charge in [-0.25, -0.2) is 4.98 Å². The first-order chi connectivity index (χ1) is 9.28. The molecule has 3 rings (SSSR count). The number of fused-ring (bicyclic) bond motifs is 1.